The molecule has 1 aromatic heterocycles. The molecule has 3 N–H and O–H groups in total. The molecule has 0 radical (unpaired) electrons. The van der Waals surface area contributed by atoms with E-state index in [4.69, 9.17) is 10.5 Å². The molecule has 1 aliphatic rings. The van der Waals surface area contributed by atoms with Crippen LogP contribution in [0.5, 0.6) is 0 Å². The van der Waals surface area contributed by atoms with Crippen molar-refractivity contribution in [3.8, 4) is 0 Å². The van der Waals surface area contributed by atoms with E-state index in [0.717, 1.165) is 11.4 Å². The smallest absolute Gasteiger partial charge is 0.270 e. The van der Waals surface area contributed by atoms with Gasteiger partial charge in [-0.1, -0.05) is 6.92 Å². The van der Waals surface area contributed by atoms with Gasteiger partial charge in [-0.25, -0.2) is 4.98 Å². The summed E-state index contributed by atoms with van der Waals surface area (Å²) in [7, 11) is 0. The Bertz CT molecular complexity index is 401. The molecule has 0 aliphatic carbocycles. The van der Waals surface area contributed by atoms with Crippen LogP contribution in [-0.2, 0) is 11.2 Å². The van der Waals surface area contributed by atoms with Gasteiger partial charge in [-0.05, 0) is 6.54 Å². The van der Waals surface area contributed by atoms with Gasteiger partial charge in [0.05, 0.1) is 18.2 Å². The first-order chi connectivity index (χ1) is 8.13. The summed E-state index contributed by atoms with van der Waals surface area (Å²) in [6.07, 6.45) is 0.726. The van der Waals surface area contributed by atoms with Gasteiger partial charge in [0.25, 0.3) is 5.91 Å². The minimum absolute atomic E-state index is 0.0891. The molecule has 1 fully saturated rings. The molecular formula is C11H17N3O2S. The van der Waals surface area contributed by atoms with Gasteiger partial charge in [-0.15, -0.1) is 11.3 Å². The molecule has 0 atom stereocenters. The summed E-state index contributed by atoms with van der Waals surface area (Å²) in [5, 5.41) is 5.58. The molecule has 2 rings (SSSR count). The van der Waals surface area contributed by atoms with Gasteiger partial charge in [0.2, 0.25) is 0 Å². The average Bonchev–Trinajstić information content (AvgIpc) is 2.72. The maximum absolute atomic E-state index is 11.8. The molecule has 1 saturated heterocycles. The van der Waals surface area contributed by atoms with Crippen LogP contribution in [-0.4, -0.2) is 37.2 Å². The number of rotatable bonds is 5. The highest BCUT2D eigenvalue weighted by Gasteiger charge is 2.33. The van der Waals surface area contributed by atoms with Gasteiger partial charge in [0.15, 0.2) is 0 Å². The first-order valence-corrected chi connectivity index (χ1v) is 6.51. The highest BCUT2D eigenvalue weighted by Crippen LogP contribution is 2.25. The molecular weight excluding hydrogens is 238 g/mol. The number of carbonyl (C=O) groups excluding carboxylic acids is 1. The van der Waals surface area contributed by atoms with Crippen molar-refractivity contribution in [3.05, 3.63) is 16.1 Å². The van der Waals surface area contributed by atoms with Crippen LogP contribution in [0, 0.1) is 5.41 Å². The molecule has 2 heterocycles. The summed E-state index contributed by atoms with van der Waals surface area (Å²) < 4.78 is 5.13. The lowest BCUT2D eigenvalue weighted by molar-refractivity contribution is -0.0978. The summed E-state index contributed by atoms with van der Waals surface area (Å²) in [4.78, 5) is 16.0. The van der Waals surface area contributed by atoms with Crippen LogP contribution in [0.4, 0.5) is 0 Å². The highest BCUT2D eigenvalue weighted by atomic mass is 32.1. The molecule has 0 spiro atoms. The summed E-state index contributed by atoms with van der Waals surface area (Å²) in [5.41, 5.74) is 6.02. The maximum atomic E-state index is 11.8. The van der Waals surface area contributed by atoms with Crippen molar-refractivity contribution in [2.24, 2.45) is 11.1 Å². The summed E-state index contributed by atoms with van der Waals surface area (Å²) in [6.45, 7) is 4.71. The number of nitrogens with one attached hydrogen (secondary N) is 1. The molecule has 5 nitrogen and oxygen atoms in total. The number of thiazole rings is 1. The van der Waals surface area contributed by atoms with Crippen LogP contribution in [0.15, 0.2) is 5.38 Å². The van der Waals surface area contributed by atoms with Crippen molar-refractivity contribution >= 4 is 17.2 Å². The number of nitrogens with zero attached hydrogens (tertiary/aromatic N) is 1. The van der Waals surface area contributed by atoms with Crippen LogP contribution >= 0.6 is 11.3 Å². The van der Waals surface area contributed by atoms with Crippen LogP contribution < -0.4 is 11.1 Å². The third kappa shape index (κ3) is 3.02. The Morgan fingerprint density at radius 2 is 2.47 bits per heavy atom. The second kappa shape index (κ2) is 5.12. The molecule has 1 amide bonds. The largest absolute Gasteiger partial charge is 0.380 e. The first kappa shape index (κ1) is 12.5. The van der Waals surface area contributed by atoms with E-state index in [2.05, 4.69) is 17.2 Å². The van der Waals surface area contributed by atoms with Gasteiger partial charge >= 0.3 is 0 Å². The van der Waals surface area contributed by atoms with Crippen LogP contribution in [0.1, 0.15) is 22.4 Å². The Balaban J connectivity index is 1.85. The van der Waals surface area contributed by atoms with Crippen molar-refractivity contribution in [3.63, 3.8) is 0 Å². The number of nitrogens with two attached hydrogens (primary N) is 1. The first-order valence-electron chi connectivity index (χ1n) is 5.63. The molecule has 6 heteroatoms. The minimum atomic E-state index is -0.113. The number of hydrogen-bond acceptors (Lipinski definition) is 5. The van der Waals surface area contributed by atoms with Crippen LogP contribution in [0.25, 0.3) is 0 Å². The Kier molecular flexibility index (Phi) is 3.76. The molecule has 1 aliphatic heterocycles. The van der Waals surface area contributed by atoms with Crippen molar-refractivity contribution in [1.82, 2.24) is 10.3 Å². The Morgan fingerprint density at radius 1 is 1.71 bits per heavy atom. The van der Waals surface area contributed by atoms with E-state index in [9.17, 15) is 4.79 Å². The lowest BCUT2D eigenvalue weighted by atomic mass is 9.89. The molecule has 1 aromatic rings. The fourth-order valence-corrected chi connectivity index (χ4v) is 2.38. The van der Waals surface area contributed by atoms with E-state index in [-0.39, 0.29) is 11.3 Å². The quantitative estimate of drug-likeness (QED) is 0.799. The highest BCUT2D eigenvalue weighted by molar-refractivity contribution is 7.09. The van der Waals surface area contributed by atoms with Gasteiger partial charge in [0, 0.05) is 23.8 Å². The predicted octanol–water partition coefficient (Wildman–Crippen LogP) is 0.411. The molecule has 0 aromatic carbocycles. The van der Waals surface area contributed by atoms with Crippen LogP contribution in [0.2, 0.25) is 0 Å². The van der Waals surface area contributed by atoms with Crippen molar-refractivity contribution in [1.29, 1.82) is 0 Å². The molecule has 0 bridgehead atoms. The summed E-state index contributed by atoms with van der Waals surface area (Å²) >= 11 is 1.48. The zero-order chi connectivity index (χ0) is 12.3. The maximum Gasteiger partial charge on any atom is 0.270 e. The molecule has 94 valence electrons. The second-order valence-corrected chi connectivity index (χ2v) is 5.59. The zero-order valence-corrected chi connectivity index (χ0v) is 10.7. The molecule has 0 unspecified atom stereocenters. The van der Waals surface area contributed by atoms with E-state index < -0.39 is 0 Å². The fourth-order valence-electron chi connectivity index (χ4n) is 1.59. The average molecular weight is 255 g/mol. The summed E-state index contributed by atoms with van der Waals surface area (Å²) in [6, 6.07) is 0. The number of hydrogen-bond donors (Lipinski definition) is 2. The number of ether oxygens (including phenoxy) is 1. The van der Waals surface area contributed by atoms with E-state index in [1.54, 1.807) is 5.38 Å². The standard InChI is InChI=1S/C11H17N3O2S/c1-11(6-16-7-11)5-13-10(15)8-4-17-9(14-8)2-3-12/h4H,2-3,5-7,12H2,1H3,(H,13,15). The lowest BCUT2D eigenvalue weighted by Gasteiger charge is -2.37. The van der Waals surface area contributed by atoms with Gasteiger partial charge in [-0.2, -0.15) is 0 Å². The van der Waals surface area contributed by atoms with Gasteiger partial charge in [0.1, 0.15) is 5.69 Å². The number of amides is 1. The number of carbonyl (C=O) groups is 1. The van der Waals surface area contributed by atoms with E-state index in [1.807, 2.05) is 0 Å². The van der Waals surface area contributed by atoms with Gasteiger partial charge in [-0.3, -0.25) is 4.79 Å². The topological polar surface area (TPSA) is 77.2 Å². The van der Waals surface area contributed by atoms with Gasteiger partial charge < -0.3 is 15.8 Å². The zero-order valence-electron chi connectivity index (χ0n) is 9.86. The van der Waals surface area contributed by atoms with E-state index in [0.29, 0.717) is 32.0 Å². The van der Waals surface area contributed by atoms with Crippen LogP contribution in [0.3, 0.4) is 0 Å². The third-order valence-electron chi connectivity index (χ3n) is 2.72. The predicted molar refractivity (Wildman–Crippen MR) is 66.1 cm³/mol. The molecule has 0 saturated carbocycles. The normalized spacial score (nSPS) is 17.5. The SMILES string of the molecule is CC1(CNC(=O)c2csc(CCN)n2)COC1. The summed E-state index contributed by atoms with van der Waals surface area (Å²) in [5.74, 6) is -0.113. The lowest BCUT2D eigenvalue weighted by Crippen LogP contribution is -2.48. The van der Waals surface area contributed by atoms with Crippen molar-refractivity contribution in [2.45, 2.75) is 13.3 Å². The fraction of sp³-hybridized carbons (Fsp3) is 0.636. The van der Waals surface area contributed by atoms with E-state index >= 15 is 0 Å². The van der Waals surface area contributed by atoms with Crippen molar-refractivity contribution < 1.29 is 9.53 Å². The minimum Gasteiger partial charge on any atom is -0.380 e. The molecule has 17 heavy (non-hydrogen) atoms. The Morgan fingerprint density at radius 3 is 3.06 bits per heavy atom. The van der Waals surface area contributed by atoms with Crippen molar-refractivity contribution in [2.75, 3.05) is 26.3 Å². The Labute approximate surface area is 104 Å². The second-order valence-electron chi connectivity index (χ2n) is 4.65. The van der Waals surface area contributed by atoms with E-state index in [1.165, 1.54) is 11.3 Å². The monoisotopic (exact) mass is 255 g/mol. The Hall–Kier alpha value is -0.980. The number of aromatic nitrogens is 1. The third-order valence-corrected chi connectivity index (χ3v) is 3.63.